The van der Waals surface area contributed by atoms with Gasteiger partial charge in [0.15, 0.2) is 11.5 Å². The third kappa shape index (κ3) is 4.33. The van der Waals surface area contributed by atoms with Gasteiger partial charge >= 0.3 is 0 Å². The highest BCUT2D eigenvalue weighted by molar-refractivity contribution is 6.33. The fourth-order valence-corrected chi connectivity index (χ4v) is 2.25. The highest BCUT2D eigenvalue weighted by atomic mass is 35.5. The van der Waals surface area contributed by atoms with Crippen molar-refractivity contribution in [1.29, 1.82) is 0 Å². The Bertz CT molecular complexity index is 783. The van der Waals surface area contributed by atoms with Crippen molar-refractivity contribution in [3.8, 4) is 17.2 Å². The molecule has 0 saturated carbocycles. The number of hydrazone groups is 1. The van der Waals surface area contributed by atoms with E-state index in [2.05, 4.69) is 10.5 Å². The van der Waals surface area contributed by atoms with Crippen LogP contribution in [0.25, 0.3) is 0 Å². The van der Waals surface area contributed by atoms with E-state index < -0.39 is 5.97 Å². The fourth-order valence-electron chi connectivity index (χ4n) is 2.09. The topological polar surface area (TPSA) is 92.2 Å². The second-order valence-corrected chi connectivity index (χ2v) is 5.22. The Morgan fingerprint density at radius 2 is 1.76 bits per heavy atom. The lowest BCUT2D eigenvalue weighted by molar-refractivity contribution is -0.255. The summed E-state index contributed by atoms with van der Waals surface area (Å²) in [6.07, 6.45) is 1.51. The van der Waals surface area contributed by atoms with Crippen LogP contribution in [-0.2, 0) is 0 Å². The zero-order valence-corrected chi connectivity index (χ0v) is 14.6. The normalized spacial score (nSPS) is 10.6. The van der Waals surface area contributed by atoms with Crippen LogP contribution in [0.4, 0.5) is 5.69 Å². The van der Waals surface area contributed by atoms with Crippen molar-refractivity contribution in [2.24, 2.45) is 5.10 Å². The van der Waals surface area contributed by atoms with Crippen LogP contribution in [0.15, 0.2) is 35.4 Å². The van der Waals surface area contributed by atoms with Gasteiger partial charge in [0.05, 0.1) is 44.2 Å². The number of hydrogen-bond acceptors (Lipinski definition) is 7. The van der Waals surface area contributed by atoms with Crippen LogP contribution >= 0.6 is 11.6 Å². The van der Waals surface area contributed by atoms with Crippen molar-refractivity contribution in [2.45, 2.75) is 0 Å². The largest absolute Gasteiger partial charge is 0.545 e. The van der Waals surface area contributed by atoms with Crippen LogP contribution in [0, 0.1) is 0 Å². The molecule has 0 spiro atoms. The van der Waals surface area contributed by atoms with E-state index in [4.69, 9.17) is 25.8 Å². The van der Waals surface area contributed by atoms with Gasteiger partial charge in [-0.15, -0.1) is 0 Å². The Kier molecular flexibility index (Phi) is 6.08. The second kappa shape index (κ2) is 8.25. The molecule has 0 aliphatic heterocycles. The van der Waals surface area contributed by atoms with Gasteiger partial charge in [-0.1, -0.05) is 17.7 Å². The maximum atomic E-state index is 10.9. The van der Waals surface area contributed by atoms with Crippen molar-refractivity contribution >= 4 is 29.5 Å². The number of hydrogen-bond donors (Lipinski definition) is 1. The smallest absolute Gasteiger partial charge is 0.203 e. The maximum absolute atomic E-state index is 10.9. The van der Waals surface area contributed by atoms with Crippen LogP contribution < -0.4 is 24.7 Å². The van der Waals surface area contributed by atoms with Crippen LogP contribution in [0.1, 0.15) is 15.9 Å². The number of benzene rings is 2. The van der Waals surface area contributed by atoms with Crippen molar-refractivity contribution < 1.29 is 24.1 Å². The first-order chi connectivity index (χ1) is 12.0. The summed E-state index contributed by atoms with van der Waals surface area (Å²) in [6, 6.07) is 7.57. The van der Waals surface area contributed by atoms with E-state index in [1.165, 1.54) is 45.7 Å². The van der Waals surface area contributed by atoms with Gasteiger partial charge in [-0.25, -0.2) is 0 Å². The first-order valence-corrected chi connectivity index (χ1v) is 7.48. The highest BCUT2D eigenvalue weighted by Crippen LogP contribution is 2.37. The van der Waals surface area contributed by atoms with Crippen molar-refractivity contribution in [2.75, 3.05) is 26.8 Å². The van der Waals surface area contributed by atoms with E-state index in [0.29, 0.717) is 33.5 Å². The molecule has 0 atom stereocenters. The summed E-state index contributed by atoms with van der Waals surface area (Å²) >= 11 is 6.01. The Balaban J connectivity index is 2.25. The van der Waals surface area contributed by atoms with Gasteiger partial charge in [-0.3, -0.25) is 5.43 Å². The summed E-state index contributed by atoms with van der Waals surface area (Å²) in [6.45, 7) is 0. The number of anilines is 1. The molecule has 0 aliphatic rings. The zero-order chi connectivity index (χ0) is 18.4. The molecule has 132 valence electrons. The van der Waals surface area contributed by atoms with Crippen LogP contribution in [0.5, 0.6) is 17.2 Å². The molecule has 0 bridgehead atoms. The van der Waals surface area contributed by atoms with E-state index in [9.17, 15) is 9.90 Å². The molecule has 0 fully saturated rings. The number of methoxy groups -OCH3 is 3. The number of nitrogens with one attached hydrogen (secondary N) is 1. The molecule has 0 heterocycles. The number of halogens is 1. The molecular formula is C17H16ClN2O5-. The molecule has 2 aromatic rings. The van der Waals surface area contributed by atoms with E-state index in [0.717, 1.165) is 0 Å². The van der Waals surface area contributed by atoms with Gasteiger partial charge in [-0.2, -0.15) is 5.10 Å². The summed E-state index contributed by atoms with van der Waals surface area (Å²) in [7, 11) is 4.55. The standard InChI is InChI=1S/C17H17ClN2O5/c1-23-14-6-10(7-15(24-2)16(14)25-3)9-19-20-13-8-11(17(21)22)4-5-12(13)18/h4-9,20H,1-3H3,(H,21,22)/p-1/b19-9-. The fraction of sp³-hybridized carbons (Fsp3) is 0.176. The summed E-state index contributed by atoms with van der Waals surface area (Å²) < 4.78 is 15.8. The Morgan fingerprint density at radius 3 is 2.28 bits per heavy atom. The SMILES string of the molecule is COc1cc(/C=N\Nc2cc(C(=O)[O-])ccc2Cl)cc(OC)c1OC. The molecule has 2 rings (SSSR count). The molecule has 0 aliphatic carbocycles. The van der Waals surface area contributed by atoms with Crippen LogP contribution in [0.3, 0.4) is 0 Å². The number of rotatable bonds is 7. The van der Waals surface area contributed by atoms with Crippen molar-refractivity contribution in [3.05, 3.63) is 46.5 Å². The van der Waals surface area contributed by atoms with Gasteiger partial charge in [0.2, 0.25) is 5.75 Å². The third-order valence-corrected chi connectivity index (χ3v) is 3.62. The van der Waals surface area contributed by atoms with E-state index in [1.807, 2.05) is 0 Å². The second-order valence-electron chi connectivity index (χ2n) is 4.81. The third-order valence-electron chi connectivity index (χ3n) is 3.29. The monoisotopic (exact) mass is 363 g/mol. The van der Waals surface area contributed by atoms with Crippen LogP contribution in [0.2, 0.25) is 5.02 Å². The molecule has 7 nitrogen and oxygen atoms in total. The number of carboxylic acid groups (broad SMARTS) is 1. The van der Waals surface area contributed by atoms with Gasteiger partial charge in [0.25, 0.3) is 0 Å². The number of nitrogens with zero attached hydrogens (tertiary/aromatic N) is 1. The molecule has 0 amide bonds. The average Bonchev–Trinajstić information content (AvgIpc) is 2.62. The molecule has 0 aromatic heterocycles. The zero-order valence-electron chi connectivity index (χ0n) is 13.8. The number of ether oxygens (including phenoxy) is 3. The first kappa shape index (κ1) is 18.4. The first-order valence-electron chi connectivity index (χ1n) is 7.10. The highest BCUT2D eigenvalue weighted by Gasteiger charge is 2.12. The Hall–Kier alpha value is -2.93. The molecule has 8 heteroatoms. The molecule has 0 unspecified atom stereocenters. The predicted octanol–water partition coefficient (Wildman–Crippen LogP) is 2.18. The van der Waals surface area contributed by atoms with Gasteiger partial charge < -0.3 is 24.1 Å². The van der Waals surface area contributed by atoms with Gasteiger partial charge in [0, 0.05) is 5.56 Å². The summed E-state index contributed by atoms with van der Waals surface area (Å²) in [5.74, 6) is 0.147. The Morgan fingerprint density at radius 1 is 1.12 bits per heavy atom. The Labute approximate surface area is 149 Å². The minimum absolute atomic E-state index is 0.00474. The number of aromatic carboxylic acids is 1. The quantitative estimate of drug-likeness (QED) is 0.598. The molecule has 25 heavy (non-hydrogen) atoms. The maximum Gasteiger partial charge on any atom is 0.203 e. The lowest BCUT2D eigenvalue weighted by atomic mass is 10.2. The molecule has 1 N–H and O–H groups in total. The minimum Gasteiger partial charge on any atom is -0.545 e. The predicted molar refractivity (Wildman–Crippen MR) is 93.1 cm³/mol. The summed E-state index contributed by atoms with van der Waals surface area (Å²) in [5.41, 5.74) is 3.70. The van der Waals surface area contributed by atoms with E-state index in [1.54, 1.807) is 12.1 Å². The summed E-state index contributed by atoms with van der Waals surface area (Å²) in [4.78, 5) is 10.9. The molecule has 0 saturated heterocycles. The van der Waals surface area contributed by atoms with Gasteiger partial charge in [-0.05, 0) is 29.8 Å². The lowest BCUT2D eigenvalue weighted by Crippen LogP contribution is -2.22. The van der Waals surface area contributed by atoms with Crippen molar-refractivity contribution in [3.63, 3.8) is 0 Å². The number of carbonyl (C=O) groups excluding carboxylic acids is 1. The minimum atomic E-state index is -1.30. The average molecular weight is 364 g/mol. The van der Waals surface area contributed by atoms with Gasteiger partial charge in [0.1, 0.15) is 0 Å². The number of carboxylic acids is 1. The molecule has 0 radical (unpaired) electrons. The lowest BCUT2D eigenvalue weighted by Gasteiger charge is -2.12. The van der Waals surface area contributed by atoms with Crippen LogP contribution in [-0.4, -0.2) is 33.5 Å². The van der Waals surface area contributed by atoms with E-state index in [-0.39, 0.29) is 5.56 Å². The van der Waals surface area contributed by atoms with E-state index >= 15 is 0 Å². The molecular weight excluding hydrogens is 348 g/mol. The summed E-state index contributed by atoms with van der Waals surface area (Å²) in [5, 5.41) is 15.3. The van der Waals surface area contributed by atoms with Crippen molar-refractivity contribution in [1.82, 2.24) is 0 Å². The number of carbonyl (C=O) groups is 1. The molecule has 2 aromatic carbocycles.